The minimum absolute atomic E-state index is 0.560. The second kappa shape index (κ2) is 13.0. The molecule has 0 spiro atoms. The van der Waals surface area contributed by atoms with Gasteiger partial charge < -0.3 is 0 Å². The molecule has 0 bridgehead atoms. The molecule has 0 aliphatic heterocycles. The Bertz CT molecular complexity index is 2230. The van der Waals surface area contributed by atoms with E-state index in [0.29, 0.717) is 17.5 Å². The summed E-state index contributed by atoms with van der Waals surface area (Å²) in [4.78, 5) is 23.2. The quantitative estimate of drug-likeness (QED) is 0.178. The number of rotatable bonds is 7. The highest BCUT2D eigenvalue weighted by Gasteiger charge is 2.16. The topological polar surface area (TPSA) is 64.5 Å². The standard InChI is InChI=1S/C43H29N5/c1-3-9-30(10-4-1)31-15-17-32(18-16-31)33-19-21-35(22-20-33)39-24-23-36(27-40(39)34-11-5-2-6-12-34)41-46-42(37-13-7-25-44-28-37)48-43(47-41)38-14-8-26-45-29-38/h1-29H. The Morgan fingerprint density at radius 3 is 1.12 bits per heavy atom. The number of pyridine rings is 2. The average molecular weight is 616 g/mol. The Balaban J connectivity index is 1.19. The Morgan fingerprint density at radius 2 is 0.646 bits per heavy atom. The van der Waals surface area contributed by atoms with Gasteiger partial charge in [0.05, 0.1) is 0 Å². The number of nitrogens with zero attached hydrogens (tertiary/aromatic N) is 5. The second-order valence-electron chi connectivity index (χ2n) is 11.4. The molecule has 0 N–H and O–H groups in total. The first-order valence-electron chi connectivity index (χ1n) is 15.8. The van der Waals surface area contributed by atoms with Crippen molar-refractivity contribution in [1.82, 2.24) is 24.9 Å². The second-order valence-corrected chi connectivity index (χ2v) is 11.4. The zero-order valence-corrected chi connectivity index (χ0v) is 26.0. The Hall–Kier alpha value is -6.59. The van der Waals surface area contributed by atoms with E-state index in [9.17, 15) is 0 Å². The molecule has 0 aliphatic rings. The van der Waals surface area contributed by atoms with Gasteiger partial charge in [-0.2, -0.15) is 0 Å². The Morgan fingerprint density at radius 1 is 0.271 bits per heavy atom. The molecule has 0 saturated heterocycles. The van der Waals surface area contributed by atoms with Crippen LogP contribution in [0, 0.1) is 0 Å². The summed E-state index contributed by atoms with van der Waals surface area (Å²) in [6.07, 6.45) is 7.02. The van der Waals surface area contributed by atoms with Gasteiger partial charge in [-0.25, -0.2) is 15.0 Å². The lowest BCUT2D eigenvalue weighted by atomic mass is 9.91. The summed E-state index contributed by atoms with van der Waals surface area (Å²) in [6, 6.07) is 52.6. The molecule has 8 aromatic rings. The third-order valence-corrected chi connectivity index (χ3v) is 8.36. The first kappa shape index (κ1) is 28.9. The fourth-order valence-corrected chi connectivity index (χ4v) is 5.87. The van der Waals surface area contributed by atoms with Crippen molar-refractivity contribution >= 4 is 0 Å². The predicted octanol–water partition coefficient (Wildman–Crippen LogP) is 10.3. The van der Waals surface area contributed by atoms with Gasteiger partial charge in [0.15, 0.2) is 17.5 Å². The van der Waals surface area contributed by atoms with Crippen LogP contribution in [0.5, 0.6) is 0 Å². The highest BCUT2D eigenvalue weighted by Crippen LogP contribution is 2.37. The molecule has 0 unspecified atom stereocenters. The SMILES string of the molecule is c1ccc(-c2ccc(-c3ccc(-c4ccc(-c5nc(-c6cccnc6)nc(-c6cccnc6)n5)cc4-c4ccccc4)cc3)cc2)cc1. The lowest BCUT2D eigenvalue weighted by Crippen LogP contribution is -2.01. The van der Waals surface area contributed by atoms with Crippen LogP contribution in [-0.4, -0.2) is 24.9 Å². The van der Waals surface area contributed by atoms with E-state index in [0.717, 1.165) is 38.9 Å². The molecule has 0 amide bonds. The summed E-state index contributed by atoms with van der Waals surface area (Å²) >= 11 is 0. The Labute approximate surface area is 279 Å². The van der Waals surface area contributed by atoms with Crippen molar-refractivity contribution in [3.05, 3.63) is 176 Å². The zero-order valence-electron chi connectivity index (χ0n) is 26.0. The summed E-state index contributed by atoms with van der Waals surface area (Å²) in [5, 5.41) is 0. The number of hydrogen-bond donors (Lipinski definition) is 0. The van der Waals surface area contributed by atoms with Crippen molar-refractivity contribution < 1.29 is 0 Å². The van der Waals surface area contributed by atoms with Gasteiger partial charge in [0, 0.05) is 41.5 Å². The molecule has 0 saturated carbocycles. The zero-order chi connectivity index (χ0) is 32.1. The molecular formula is C43H29N5. The predicted molar refractivity (Wildman–Crippen MR) is 193 cm³/mol. The van der Waals surface area contributed by atoms with Crippen LogP contribution in [0.3, 0.4) is 0 Å². The van der Waals surface area contributed by atoms with Crippen LogP contribution in [-0.2, 0) is 0 Å². The molecular weight excluding hydrogens is 587 g/mol. The third kappa shape index (κ3) is 6.00. The Kier molecular flexibility index (Phi) is 7.83. The molecule has 0 atom stereocenters. The molecule has 0 aliphatic carbocycles. The van der Waals surface area contributed by atoms with E-state index in [-0.39, 0.29) is 0 Å². The fraction of sp³-hybridized carbons (Fsp3) is 0. The van der Waals surface area contributed by atoms with Crippen molar-refractivity contribution in [2.24, 2.45) is 0 Å². The van der Waals surface area contributed by atoms with Gasteiger partial charge in [-0.1, -0.05) is 121 Å². The average Bonchev–Trinajstić information content (AvgIpc) is 3.19. The van der Waals surface area contributed by atoms with Crippen molar-refractivity contribution in [2.45, 2.75) is 0 Å². The lowest BCUT2D eigenvalue weighted by molar-refractivity contribution is 1.07. The first-order chi connectivity index (χ1) is 23.8. The summed E-state index contributed by atoms with van der Waals surface area (Å²) in [6.45, 7) is 0. The fourth-order valence-electron chi connectivity index (χ4n) is 5.87. The van der Waals surface area contributed by atoms with Gasteiger partial charge in [0.1, 0.15) is 0 Å². The van der Waals surface area contributed by atoms with Gasteiger partial charge in [-0.05, 0) is 74.8 Å². The van der Waals surface area contributed by atoms with Crippen molar-refractivity contribution in [3.63, 3.8) is 0 Å². The van der Waals surface area contributed by atoms with Gasteiger partial charge in [-0.3, -0.25) is 9.97 Å². The number of aromatic nitrogens is 5. The molecule has 5 heteroatoms. The van der Waals surface area contributed by atoms with Crippen LogP contribution in [0.15, 0.2) is 176 Å². The minimum Gasteiger partial charge on any atom is -0.264 e. The molecule has 0 fully saturated rings. The normalized spacial score (nSPS) is 10.9. The van der Waals surface area contributed by atoms with Crippen LogP contribution < -0.4 is 0 Å². The van der Waals surface area contributed by atoms with E-state index in [1.54, 1.807) is 24.8 Å². The largest absolute Gasteiger partial charge is 0.264 e. The maximum atomic E-state index is 4.92. The lowest BCUT2D eigenvalue weighted by Gasteiger charge is -2.14. The van der Waals surface area contributed by atoms with E-state index in [1.807, 2.05) is 36.4 Å². The van der Waals surface area contributed by atoms with Gasteiger partial charge in [0.25, 0.3) is 0 Å². The van der Waals surface area contributed by atoms with Gasteiger partial charge in [-0.15, -0.1) is 0 Å². The van der Waals surface area contributed by atoms with Gasteiger partial charge >= 0.3 is 0 Å². The van der Waals surface area contributed by atoms with E-state index < -0.39 is 0 Å². The highest BCUT2D eigenvalue weighted by molar-refractivity contribution is 5.87. The molecule has 5 aromatic carbocycles. The highest BCUT2D eigenvalue weighted by atomic mass is 15.0. The number of benzene rings is 5. The van der Waals surface area contributed by atoms with Crippen LogP contribution in [0.1, 0.15) is 0 Å². The van der Waals surface area contributed by atoms with Crippen LogP contribution in [0.4, 0.5) is 0 Å². The maximum Gasteiger partial charge on any atom is 0.165 e. The van der Waals surface area contributed by atoms with Crippen LogP contribution in [0.25, 0.3) is 78.7 Å². The molecule has 0 radical (unpaired) electrons. The van der Waals surface area contributed by atoms with Crippen molar-refractivity contribution in [1.29, 1.82) is 0 Å². The van der Waals surface area contributed by atoms with E-state index >= 15 is 0 Å². The molecule has 3 aromatic heterocycles. The van der Waals surface area contributed by atoms with E-state index in [1.165, 1.54) is 22.3 Å². The summed E-state index contributed by atoms with van der Waals surface area (Å²) in [7, 11) is 0. The maximum absolute atomic E-state index is 4.92. The monoisotopic (exact) mass is 615 g/mol. The minimum atomic E-state index is 0.560. The van der Waals surface area contributed by atoms with E-state index in [2.05, 4.69) is 125 Å². The smallest absolute Gasteiger partial charge is 0.165 e. The summed E-state index contributed by atoms with van der Waals surface area (Å²) < 4.78 is 0. The summed E-state index contributed by atoms with van der Waals surface area (Å²) in [5.74, 6) is 1.70. The van der Waals surface area contributed by atoms with Crippen molar-refractivity contribution in [3.8, 4) is 78.7 Å². The summed E-state index contributed by atoms with van der Waals surface area (Å²) in [5.41, 5.74) is 11.8. The van der Waals surface area contributed by atoms with Crippen molar-refractivity contribution in [2.75, 3.05) is 0 Å². The van der Waals surface area contributed by atoms with E-state index in [4.69, 9.17) is 15.0 Å². The molecule has 226 valence electrons. The molecule has 8 rings (SSSR count). The first-order valence-corrected chi connectivity index (χ1v) is 15.8. The van der Waals surface area contributed by atoms with Crippen LogP contribution >= 0.6 is 0 Å². The molecule has 3 heterocycles. The van der Waals surface area contributed by atoms with Crippen LogP contribution in [0.2, 0.25) is 0 Å². The molecule has 48 heavy (non-hydrogen) atoms. The third-order valence-electron chi connectivity index (χ3n) is 8.36. The van der Waals surface area contributed by atoms with Gasteiger partial charge in [0.2, 0.25) is 0 Å². The molecule has 5 nitrogen and oxygen atoms in total. The number of hydrogen-bond acceptors (Lipinski definition) is 5.